The first-order valence-corrected chi connectivity index (χ1v) is 8.33. The van der Waals surface area contributed by atoms with E-state index in [1.807, 2.05) is 6.07 Å². The summed E-state index contributed by atoms with van der Waals surface area (Å²) in [4.78, 5) is 2.46. The molecule has 116 valence electrons. The second kappa shape index (κ2) is 6.45. The van der Waals surface area contributed by atoms with Gasteiger partial charge in [0.15, 0.2) is 11.5 Å². The van der Waals surface area contributed by atoms with Gasteiger partial charge in [0.2, 0.25) is 0 Å². The van der Waals surface area contributed by atoms with Crippen LogP contribution in [0.3, 0.4) is 0 Å². The number of phenols is 1. The molecule has 3 nitrogen and oxygen atoms in total. The van der Waals surface area contributed by atoms with Gasteiger partial charge in [-0.3, -0.25) is 4.90 Å². The molecule has 2 fully saturated rings. The lowest BCUT2D eigenvalue weighted by Gasteiger charge is -2.41. The minimum Gasteiger partial charge on any atom is -0.504 e. The average Bonchev–Trinajstić information content (AvgIpc) is 2.50. The summed E-state index contributed by atoms with van der Waals surface area (Å²) < 4.78 is 5.19. The SMILES string of the molecule is COc1cc(Cl)cc(CN2CCC3CCCCC3C2)c1O. The number of piperidine rings is 1. The van der Waals surface area contributed by atoms with Crippen molar-refractivity contribution in [1.82, 2.24) is 4.90 Å². The molecule has 0 radical (unpaired) electrons. The summed E-state index contributed by atoms with van der Waals surface area (Å²) in [6, 6.07) is 3.51. The van der Waals surface area contributed by atoms with E-state index in [1.54, 1.807) is 13.2 Å². The van der Waals surface area contributed by atoms with Crippen molar-refractivity contribution in [3.63, 3.8) is 0 Å². The van der Waals surface area contributed by atoms with Crippen LogP contribution in [0.5, 0.6) is 11.5 Å². The van der Waals surface area contributed by atoms with Crippen LogP contribution in [0, 0.1) is 11.8 Å². The lowest BCUT2D eigenvalue weighted by atomic mass is 9.75. The van der Waals surface area contributed by atoms with Crippen LogP contribution in [0.2, 0.25) is 5.02 Å². The van der Waals surface area contributed by atoms with Gasteiger partial charge in [0.25, 0.3) is 0 Å². The topological polar surface area (TPSA) is 32.7 Å². The van der Waals surface area contributed by atoms with Crippen molar-refractivity contribution >= 4 is 11.6 Å². The summed E-state index contributed by atoms with van der Waals surface area (Å²) in [6.07, 6.45) is 6.86. The Hall–Kier alpha value is -0.930. The van der Waals surface area contributed by atoms with Gasteiger partial charge in [0, 0.05) is 29.7 Å². The molecule has 0 spiro atoms. The van der Waals surface area contributed by atoms with Gasteiger partial charge < -0.3 is 9.84 Å². The van der Waals surface area contributed by atoms with Crippen molar-refractivity contribution in [3.8, 4) is 11.5 Å². The molecule has 1 saturated heterocycles. The first-order valence-electron chi connectivity index (χ1n) is 7.95. The Labute approximate surface area is 131 Å². The third-order valence-corrected chi connectivity index (χ3v) is 5.33. The fraction of sp³-hybridized carbons (Fsp3) is 0.647. The molecule has 1 saturated carbocycles. The second-order valence-corrected chi connectivity index (χ2v) is 6.88. The Kier molecular flexibility index (Phi) is 4.60. The van der Waals surface area contributed by atoms with Gasteiger partial charge >= 0.3 is 0 Å². The summed E-state index contributed by atoms with van der Waals surface area (Å²) in [5, 5.41) is 10.9. The van der Waals surface area contributed by atoms with Gasteiger partial charge in [0.1, 0.15) is 0 Å². The molecule has 2 atom stereocenters. The molecule has 1 aromatic rings. The van der Waals surface area contributed by atoms with Gasteiger partial charge in [0.05, 0.1) is 7.11 Å². The third kappa shape index (κ3) is 3.29. The normalized spacial score (nSPS) is 26.4. The first-order chi connectivity index (χ1) is 10.2. The molecule has 2 aliphatic rings. The fourth-order valence-corrected chi connectivity index (χ4v) is 4.20. The van der Waals surface area contributed by atoms with Crippen LogP contribution >= 0.6 is 11.6 Å². The maximum Gasteiger partial charge on any atom is 0.162 e. The Morgan fingerprint density at radius 2 is 2.00 bits per heavy atom. The van der Waals surface area contributed by atoms with Crippen molar-refractivity contribution in [2.24, 2.45) is 11.8 Å². The van der Waals surface area contributed by atoms with E-state index >= 15 is 0 Å². The summed E-state index contributed by atoms with van der Waals surface area (Å²) in [6.45, 7) is 3.03. The zero-order valence-corrected chi connectivity index (χ0v) is 13.4. The van der Waals surface area contributed by atoms with Crippen LogP contribution in [0.25, 0.3) is 0 Å². The monoisotopic (exact) mass is 309 g/mol. The quantitative estimate of drug-likeness (QED) is 0.913. The molecule has 0 amide bonds. The molecule has 1 aliphatic carbocycles. The van der Waals surface area contributed by atoms with Crippen LogP contribution in [0.15, 0.2) is 12.1 Å². The van der Waals surface area contributed by atoms with E-state index < -0.39 is 0 Å². The number of methoxy groups -OCH3 is 1. The van der Waals surface area contributed by atoms with Crippen molar-refractivity contribution in [2.75, 3.05) is 20.2 Å². The molecule has 21 heavy (non-hydrogen) atoms. The van der Waals surface area contributed by atoms with E-state index in [0.717, 1.165) is 37.0 Å². The number of nitrogens with zero attached hydrogens (tertiary/aromatic N) is 1. The van der Waals surface area contributed by atoms with Crippen LogP contribution < -0.4 is 4.74 Å². The lowest BCUT2D eigenvalue weighted by Crippen LogP contribution is -2.41. The predicted molar refractivity (Wildman–Crippen MR) is 85.0 cm³/mol. The van der Waals surface area contributed by atoms with Gasteiger partial charge in [-0.25, -0.2) is 0 Å². The van der Waals surface area contributed by atoms with Crippen molar-refractivity contribution in [1.29, 1.82) is 0 Å². The number of hydrogen-bond donors (Lipinski definition) is 1. The van der Waals surface area contributed by atoms with Crippen LogP contribution in [0.4, 0.5) is 0 Å². The molecular formula is C17H24ClNO2. The molecule has 4 heteroatoms. The molecule has 1 N–H and O–H groups in total. The number of phenolic OH excluding ortho intramolecular Hbond substituents is 1. The largest absolute Gasteiger partial charge is 0.504 e. The molecule has 3 rings (SSSR count). The number of rotatable bonds is 3. The van der Waals surface area contributed by atoms with Gasteiger partial charge in [-0.15, -0.1) is 0 Å². The van der Waals surface area contributed by atoms with Crippen LogP contribution in [-0.4, -0.2) is 30.2 Å². The van der Waals surface area contributed by atoms with Crippen molar-refractivity contribution in [3.05, 3.63) is 22.7 Å². The molecule has 1 heterocycles. The zero-order valence-electron chi connectivity index (χ0n) is 12.6. The highest BCUT2D eigenvalue weighted by Crippen LogP contribution is 2.38. The maximum atomic E-state index is 10.3. The maximum absolute atomic E-state index is 10.3. The summed E-state index contributed by atoms with van der Waals surface area (Å²) >= 11 is 6.12. The average molecular weight is 310 g/mol. The fourth-order valence-electron chi connectivity index (χ4n) is 3.97. The lowest BCUT2D eigenvalue weighted by molar-refractivity contribution is 0.0814. The Morgan fingerprint density at radius 3 is 2.76 bits per heavy atom. The number of likely N-dealkylation sites (tertiary alicyclic amines) is 1. The highest BCUT2D eigenvalue weighted by molar-refractivity contribution is 6.30. The summed E-state index contributed by atoms with van der Waals surface area (Å²) in [5.41, 5.74) is 0.869. The summed E-state index contributed by atoms with van der Waals surface area (Å²) in [5.74, 6) is 2.46. The zero-order chi connectivity index (χ0) is 14.8. The Morgan fingerprint density at radius 1 is 1.24 bits per heavy atom. The van der Waals surface area contributed by atoms with E-state index in [-0.39, 0.29) is 5.75 Å². The minimum absolute atomic E-state index is 0.229. The van der Waals surface area contributed by atoms with E-state index in [2.05, 4.69) is 4.90 Å². The minimum atomic E-state index is 0.229. The highest BCUT2D eigenvalue weighted by atomic mass is 35.5. The van der Waals surface area contributed by atoms with Crippen LogP contribution in [-0.2, 0) is 6.54 Å². The molecule has 0 bridgehead atoms. The third-order valence-electron chi connectivity index (χ3n) is 5.11. The smallest absolute Gasteiger partial charge is 0.162 e. The number of halogens is 1. The van der Waals surface area contributed by atoms with E-state index in [9.17, 15) is 5.11 Å². The highest BCUT2D eigenvalue weighted by Gasteiger charge is 2.31. The van der Waals surface area contributed by atoms with E-state index in [1.165, 1.54) is 32.1 Å². The van der Waals surface area contributed by atoms with Gasteiger partial charge in [-0.05, 0) is 37.3 Å². The number of benzene rings is 1. The Balaban J connectivity index is 1.70. The van der Waals surface area contributed by atoms with E-state index in [0.29, 0.717) is 10.8 Å². The molecule has 1 aromatic carbocycles. The standard InChI is InChI=1S/C17H24ClNO2/c1-21-16-9-15(18)8-14(17(16)20)11-19-7-6-12-4-2-3-5-13(12)10-19/h8-9,12-13,20H,2-7,10-11H2,1H3. The number of aromatic hydroxyl groups is 1. The van der Waals surface area contributed by atoms with Crippen LogP contribution in [0.1, 0.15) is 37.7 Å². The number of hydrogen-bond acceptors (Lipinski definition) is 3. The number of ether oxygens (including phenoxy) is 1. The molecule has 0 aromatic heterocycles. The summed E-state index contributed by atoms with van der Waals surface area (Å²) in [7, 11) is 1.56. The van der Waals surface area contributed by atoms with Gasteiger partial charge in [-0.1, -0.05) is 30.9 Å². The van der Waals surface area contributed by atoms with E-state index in [4.69, 9.17) is 16.3 Å². The molecular weight excluding hydrogens is 286 g/mol. The number of fused-ring (bicyclic) bond motifs is 1. The Bertz CT molecular complexity index is 506. The molecule has 1 aliphatic heterocycles. The van der Waals surface area contributed by atoms with Gasteiger partial charge in [-0.2, -0.15) is 0 Å². The first kappa shape index (κ1) is 15.0. The second-order valence-electron chi connectivity index (χ2n) is 6.44. The molecule has 2 unspecified atom stereocenters. The van der Waals surface area contributed by atoms with Crippen molar-refractivity contribution < 1.29 is 9.84 Å². The predicted octanol–water partition coefficient (Wildman–Crippen LogP) is 4.07. The van der Waals surface area contributed by atoms with Crippen molar-refractivity contribution in [2.45, 2.75) is 38.6 Å².